The highest BCUT2D eigenvalue weighted by molar-refractivity contribution is 5.94. The summed E-state index contributed by atoms with van der Waals surface area (Å²) < 4.78 is 34.8. The van der Waals surface area contributed by atoms with E-state index in [1.807, 2.05) is 11.6 Å². The first kappa shape index (κ1) is 22.3. The summed E-state index contributed by atoms with van der Waals surface area (Å²) in [5.41, 5.74) is 2.96. The lowest BCUT2D eigenvalue weighted by Crippen LogP contribution is -2.12. The maximum atomic E-state index is 13.4. The number of benzene rings is 2. The first-order valence-corrected chi connectivity index (χ1v) is 10.2. The van der Waals surface area contributed by atoms with Crippen LogP contribution in [0.3, 0.4) is 0 Å². The number of aromatic nitrogens is 3. The number of hydrogen-bond acceptors (Lipinski definition) is 4. The number of aromatic carboxylic acids is 1. The molecule has 33 heavy (non-hydrogen) atoms. The minimum atomic E-state index is -1.13. The third-order valence-corrected chi connectivity index (χ3v) is 5.29. The molecule has 0 aliphatic heterocycles. The second kappa shape index (κ2) is 9.70. The van der Waals surface area contributed by atoms with Gasteiger partial charge >= 0.3 is 5.97 Å². The third kappa shape index (κ3) is 5.30. The van der Waals surface area contributed by atoms with Gasteiger partial charge in [0.2, 0.25) is 0 Å². The average molecular weight is 449 g/mol. The summed E-state index contributed by atoms with van der Waals surface area (Å²) in [5.74, 6) is -1.89. The summed E-state index contributed by atoms with van der Waals surface area (Å²) in [4.78, 5) is 20.3. The number of aryl methyl sites for hydroxylation is 1. The van der Waals surface area contributed by atoms with Gasteiger partial charge in [0.1, 0.15) is 11.6 Å². The molecule has 1 atom stereocenters. The lowest BCUT2D eigenvalue weighted by Gasteiger charge is -2.19. The molecule has 0 amide bonds. The van der Waals surface area contributed by atoms with Crippen molar-refractivity contribution in [2.45, 2.75) is 19.1 Å². The van der Waals surface area contributed by atoms with Gasteiger partial charge in [0.05, 0.1) is 36.0 Å². The summed E-state index contributed by atoms with van der Waals surface area (Å²) in [5, 5.41) is 9.55. The van der Waals surface area contributed by atoms with Gasteiger partial charge in [-0.15, -0.1) is 0 Å². The van der Waals surface area contributed by atoms with E-state index in [0.29, 0.717) is 17.7 Å². The van der Waals surface area contributed by atoms with Crippen molar-refractivity contribution in [2.75, 3.05) is 0 Å². The van der Waals surface area contributed by atoms with E-state index in [4.69, 9.17) is 4.74 Å². The van der Waals surface area contributed by atoms with Crippen LogP contribution in [0.5, 0.6) is 0 Å². The fraction of sp³-hybridized carbons (Fsp3) is 0.160. The van der Waals surface area contributed by atoms with Gasteiger partial charge in [0.25, 0.3) is 0 Å². The molecule has 6 nitrogen and oxygen atoms in total. The zero-order valence-corrected chi connectivity index (χ0v) is 17.8. The van der Waals surface area contributed by atoms with Crippen molar-refractivity contribution in [1.82, 2.24) is 14.5 Å². The summed E-state index contributed by atoms with van der Waals surface area (Å²) in [6, 6.07) is 14.6. The summed E-state index contributed by atoms with van der Waals surface area (Å²) >= 11 is 0. The molecule has 4 aromatic rings. The van der Waals surface area contributed by atoms with Crippen molar-refractivity contribution in [3.63, 3.8) is 0 Å². The minimum Gasteiger partial charge on any atom is -0.478 e. The molecule has 0 saturated carbocycles. The number of imidazole rings is 1. The molecule has 0 fully saturated rings. The first-order valence-electron chi connectivity index (χ1n) is 10.2. The Balaban J connectivity index is 1.61. The molecule has 4 rings (SSSR count). The maximum Gasteiger partial charge on any atom is 0.337 e. The number of ether oxygens (including phenoxy) is 1. The highest BCUT2D eigenvalue weighted by Crippen LogP contribution is 2.26. The van der Waals surface area contributed by atoms with E-state index in [1.54, 1.807) is 30.7 Å². The van der Waals surface area contributed by atoms with E-state index >= 15 is 0 Å². The van der Waals surface area contributed by atoms with Crippen LogP contribution in [0.4, 0.5) is 8.78 Å². The van der Waals surface area contributed by atoms with E-state index in [1.165, 1.54) is 42.5 Å². The van der Waals surface area contributed by atoms with Gasteiger partial charge in [-0.05, 0) is 54.1 Å². The van der Waals surface area contributed by atoms with Crippen LogP contribution in [0.2, 0.25) is 0 Å². The number of pyridine rings is 1. The molecule has 8 heteroatoms. The van der Waals surface area contributed by atoms with Crippen molar-refractivity contribution < 1.29 is 23.4 Å². The van der Waals surface area contributed by atoms with Gasteiger partial charge in [-0.3, -0.25) is 0 Å². The molecule has 0 aliphatic rings. The molecule has 0 aliphatic carbocycles. The molecular weight excluding hydrogens is 428 g/mol. The van der Waals surface area contributed by atoms with Gasteiger partial charge in [-0.2, -0.15) is 0 Å². The molecule has 1 unspecified atom stereocenters. The second-order valence-corrected chi connectivity index (χ2v) is 7.56. The number of carboxylic acids is 1. The van der Waals surface area contributed by atoms with Crippen molar-refractivity contribution in [2.24, 2.45) is 7.05 Å². The predicted octanol–water partition coefficient (Wildman–Crippen LogP) is 4.96. The smallest absolute Gasteiger partial charge is 0.337 e. The number of halogens is 2. The van der Waals surface area contributed by atoms with Gasteiger partial charge in [0.15, 0.2) is 0 Å². The normalized spacial score (nSPS) is 12.0. The zero-order chi connectivity index (χ0) is 23.4. The van der Waals surface area contributed by atoms with Crippen LogP contribution in [-0.2, 0) is 24.8 Å². The van der Waals surface area contributed by atoms with Gasteiger partial charge in [-0.1, -0.05) is 12.1 Å². The number of rotatable bonds is 8. The molecule has 0 saturated heterocycles. The number of nitrogens with zero attached hydrogens (tertiary/aromatic N) is 3. The minimum absolute atomic E-state index is 0.00956. The quantitative estimate of drug-likeness (QED) is 0.412. The van der Waals surface area contributed by atoms with Crippen molar-refractivity contribution in [1.29, 1.82) is 0 Å². The second-order valence-electron chi connectivity index (χ2n) is 7.56. The van der Waals surface area contributed by atoms with Crippen LogP contribution in [0.15, 0.2) is 73.2 Å². The standard InChI is InChI=1S/C25H21F2N3O3/c1-30-15-28-13-21(30)12-23(16-2-6-18(26)7-3-16)33-14-20-10-11-22(25(31)32)24(29-20)17-4-8-19(27)9-5-17/h2-11,13,15,23H,12,14H2,1H3,(H,31,32). The molecule has 2 heterocycles. The van der Waals surface area contributed by atoms with Gasteiger partial charge < -0.3 is 14.4 Å². The van der Waals surface area contributed by atoms with Crippen molar-refractivity contribution in [3.8, 4) is 11.3 Å². The van der Waals surface area contributed by atoms with E-state index in [0.717, 1.165) is 11.3 Å². The van der Waals surface area contributed by atoms with Gasteiger partial charge in [-0.25, -0.2) is 23.5 Å². The van der Waals surface area contributed by atoms with E-state index in [9.17, 15) is 18.7 Å². The molecule has 0 bridgehead atoms. The lowest BCUT2D eigenvalue weighted by atomic mass is 10.0. The Kier molecular flexibility index (Phi) is 6.55. The van der Waals surface area contributed by atoms with E-state index in [2.05, 4.69) is 9.97 Å². The SMILES string of the molecule is Cn1cncc1CC(OCc1ccc(C(=O)O)c(-c2ccc(F)cc2)n1)c1ccc(F)cc1. The molecule has 2 aromatic carbocycles. The van der Waals surface area contributed by atoms with Gasteiger partial charge in [0, 0.05) is 30.9 Å². The summed E-state index contributed by atoms with van der Waals surface area (Å²) in [7, 11) is 1.88. The Labute approximate surface area is 189 Å². The Morgan fingerprint density at radius 1 is 1.03 bits per heavy atom. The summed E-state index contributed by atoms with van der Waals surface area (Å²) in [6.07, 6.45) is 3.53. The maximum absolute atomic E-state index is 13.4. The Morgan fingerprint density at radius 3 is 2.30 bits per heavy atom. The molecule has 0 radical (unpaired) electrons. The predicted molar refractivity (Wildman–Crippen MR) is 117 cm³/mol. The summed E-state index contributed by atoms with van der Waals surface area (Å²) in [6.45, 7) is 0.0913. The number of carbonyl (C=O) groups is 1. The molecule has 168 valence electrons. The molecule has 2 aromatic heterocycles. The zero-order valence-electron chi connectivity index (χ0n) is 17.8. The fourth-order valence-electron chi connectivity index (χ4n) is 3.49. The number of carboxylic acid groups (broad SMARTS) is 1. The topological polar surface area (TPSA) is 77.2 Å². The molecular formula is C25H21F2N3O3. The van der Waals surface area contributed by atoms with Crippen LogP contribution < -0.4 is 0 Å². The highest BCUT2D eigenvalue weighted by atomic mass is 19.1. The van der Waals surface area contributed by atoms with Crippen LogP contribution in [-0.4, -0.2) is 25.6 Å². The molecule has 0 spiro atoms. The van der Waals surface area contributed by atoms with Crippen LogP contribution in [0, 0.1) is 11.6 Å². The third-order valence-electron chi connectivity index (χ3n) is 5.29. The van der Waals surface area contributed by atoms with E-state index < -0.39 is 17.9 Å². The van der Waals surface area contributed by atoms with Crippen LogP contribution >= 0.6 is 0 Å². The highest BCUT2D eigenvalue weighted by Gasteiger charge is 2.18. The monoisotopic (exact) mass is 449 g/mol. The van der Waals surface area contributed by atoms with E-state index in [-0.39, 0.29) is 23.7 Å². The fourth-order valence-corrected chi connectivity index (χ4v) is 3.49. The molecule has 1 N–H and O–H groups in total. The number of hydrogen-bond donors (Lipinski definition) is 1. The Morgan fingerprint density at radius 2 is 1.70 bits per heavy atom. The first-order chi connectivity index (χ1) is 15.9. The van der Waals surface area contributed by atoms with Crippen molar-refractivity contribution in [3.05, 3.63) is 107 Å². The lowest BCUT2D eigenvalue weighted by molar-refractivity contribution is 0.0369. The average Bonchev–Trinajstić information content (AvgIpc) is 3.21. The van der Waals surface area contributed by atoms with Crippen LogP contribution in [0.25, 0.3) is 11.3 Å². The van der Waals surface area contributed by atoms with Crippen LogP contribution in [0.1, 0.15) is 33.4 Å². The largest absolute Gasteiger partial charge is 0.478 e. The Bertz CT molecular complexity index is 1250. The Hall–Kier alpha value is -3.91. The van der Waals surface area contributed by atoms with Crippen molar-refractivity contribution >= 4 is 5.97 Å².